The average molecular weight is 541 g/mol. The quantitative estimate of drug-likeness (QED) is 0.330. The van der Waals surface area contributed by atoms with Crippen LogP contribution in [-0.4, -0.2) is 69.3 Å². The molecule has 1 aromatic heterocycles. The molecular formula is C27H40N8O4. The van der Waals surface area contributed by atoms with E-state index < -0.39 is 17.6 Å². The van der Waals surface area contributed by atoms with Crippen LogP contribution in [0.25, 0.3) is 0 Å². The number of amides is 3. The van der Waals surface area contributed by atoms with E-state index in [0.29, 0.717) is 38.4 Å². The Bertz CT molecular complexity index is 1150. The highest BCUT2D eigenvalue weighted by atomic mass is 16.6. The van der Waals surface area contributed by atoms with Crippen molar-refractivity contribution in [3.05, 3.63) is 35.5 Å². The number of nitrogens with zero attached hydrogens (tertiary/aromatic N) is 4. The molecule has 0 bridgehead atoms. The lowest BCUT2D eigenvalue weighted by Gasteiger charge is -2.33. The highest BCUT2D eigenvalue weighted by molar-refractivity contribution is 5.96. The predicted molar refractivity (Wildman–Crippen MR) is 149 cm³/mol. The summed E-state index contributed by atoms with van der Waals surface area (Å²) < 4.78 is 5.21. The second kappa shape index (κ2) is 13.2. The van der Waals surface area contributed by atoms with Crippen LogP contribution in [0.1, 0.15) is 82.3 Å². The summed E-state index contributed by atoms with van der Waals surface area (Å²) in [6.07, 6.45) is 1.98. The minimum atomic E-state index is -0.738. The van der Waals surface area contributed by atoms with Gasteiger partial charge in [0, 0.05) is 37.8 Å². The number of rotatable bonds is 10. The molecule has 0 unspecified atom stereocenters. The fourth-order valence-electron chi connectivity index (χ4n) is 4.13. The minimum absolute atomic E-state index is 0.0165. The third kappa shape index (κ3) is 9.38. The predicted octanol–water partition coefficient (Wildman–Crippen LogP) is 3.55. The van der Waals surface area contributed by atoms with E-state index in [1.54, 1.807) is 25.7 Å². The van der Waals surface area contributed by atoms with E-state index in [9.17, 15) is 14.4 Å². The molecule has 3 rings (SSSR count). The van der Waals surface area contributed by atoms with Crippen LogP contribution in [0.5, 0.6) is 0 Å². The lowest BCUT2D eigenvalue weighted by Crippen LogP contribution is -2.45. The van der Waals surface area contributed by atoms with Crippen LogP contribution in [0.15, 0.2) is 24.3 Å². The molecule has 5 N–H and O–H groups in total. The van der Waals surface area contributed by atoms with Gasteiger partial charge in [0.2, 0.25) is 11.9 Å². The molecule has 0 aliphatic carbocycles. The molecular weight excluding hydrogens is 500 g/mol. The summed E-state index contributed by atoms with van der Waals surface area (Å²) in [5.41, 5.74) is 6.80. The van der Waals surface area contributed by atoms with Crippen LogP contribution >= 0.6 is 0 Å². The van der Waals surface area contributed by atoms with E-state index in [1.165, 1.54) is 5.56 Å². The summed E-state index contributed by atoms with van der Waals surface area (Å²) in [5, 5.41) is 17.1. The van der Waals surface area contributed by atoms with Crippen LogP contribution in [0, 0.1) is 0 Å². The second-order valence-corrected chi connectivity index (χ2v) is 11.0. The number of benzene rings is 1. The standard InChI is InChI=1S/C27H40N8O4/c1-17(2)18-10-12-19(13-11-18)30-24-22(23(28)37)33-34-25(32-24)31-20-8-7-15-35(16-20)21(36)9-6-14-29-26(38)39-27(3,4)5/h10-13,17,20H,6-9,14-16H2,1-5H3,(H2,28,37)(H,29,38)(H2,30,31,32,34)/t20-/m0/s1. The van der Waals surface area contributed by atoms with Crippen molar-refractivity contribution in [3.63, 3.8) is 0 Å². The first-order chi connectivity index (χ1) is 18.4. The molecule has 1 aliphatic heterocycles. The van der Waals surface area contributed by atoms with Crippen molar-refractivity contribution in [2.24, 2.45) is 5.73 Å². The maximum absolute atomic E-state index is 12.8. The Morgan fingerprint density at radius 2 is 1.87 bits per heavy atom. The molecule has 2 aromatic rings. The molecule has 0 saturated carbocycles. The van der Waals surface area contributed by atoms with Crippen molar-refractivity contribution in [3.8, 4) is 0 Å². The van der Waals surface area contributed by atoms with Crippen molar-refractivity contribution < 1.29 is 19.1 Å². The number of ether oxygens (including phenoxy) is 1. The van der Waals surface area contributed by atoms with Crippen molar-refractivity contribution in [2.45, 2.75) is 77.9 Å². The van der Waals surface area contributed by atoms with E-state index in [-0.39, 0.29) is 29.4 Å². The molecule has 212 valence electrons. The van der Waals surface area contributed by atoms with Gasteiger partial charge < -0.3 is 31.3 Å². The zero-order chi connectivity index (χ0) is 28.6. The zero-order valence-electron chi connectivity index (χ0n) is 23.4. The molecule has 39 heavy (non-hydrogen) atoms. The lowest BCUT2D eigenvalue weighted by molar-refractivity contribution is -0.132. The van der Waals surface area contributed by atoms with E-state index in [4.69, 9.17) is 10.5 Å². The van der Waals surface area contributed by atoms with Crippen LogP contribution in [-0.2, 0) is 9.53 Å². The second-order valence-electron chi connectivity index (χ2n) is 11.0. The summed E-state index contributed by atoms with van der Waals surface area (Å²) >= 11 is 0. The first-order valence-corrected chi connectivity index (χ1v) is 13.3. The molecule has 0 radical (unpaired) electrons. The Morgan fingerprint density at radius 3 is 2.51 bits per heavy atom. The van der Waals surface area contributed by atoms with E-state index in [2.05, 4.69) is 45.0 Å². The molecule has 3 amide bonds. The summed E-state index contributed by atoms with van der Waals surface area (Å²) in [5.74, 6) is 0.120. The molecule has 0 spiro atoms. The van der Waals surface area contributed by atoms with Gasteiger partial charge in [-0.3, -0.25) is 9.59 Å². The number of aromatic nitrogens is 3. The number of carbonyl (C=O) groups is 3. The van der Waals surface area contributed by atoms with Gasteiger partial charge in [0.25, 0.3) is 5.91 Å². The van der Waals surface area contributed by atoms with Crippen LogP contribution in [0.4, 0.5) is 22.2 Å². The molecule has 1 aromatic carbocycles. The Morgan fingerprint density at radius 1 is 1.15 bits per heavy atom. The number of nitrogens with two attached hydrogens (primary N) is 1. The molecule has 12 heteroatoms. The van der Waals surface area contributed by atoms with Crippen LogP contribution in [0.3, 0.4) is 0 Å². The van der Waals surface area contributed by atoms with Gasteiger partial charge in [-0.25, -0.2) is 4.79 Å². The maximum Gasteiger partial charge on any atom is 0.407 e. The SMILES string of the molecule is CC(C)c1ccc(Nc2nc(N[C@H]3CCCN(C(=O)CCCNC(=O)OC(C)(C)C)C3)nnc2C(N)=O)cc1. The number of anilines is 3. The van der Waals surface area contributed by atoms with Gasteiger partial charge in [0.05, 0.1) is 0 Å². The van der Waals surface area contributed by atoms with Crippen molar-refractivity contribution >= 4 is 35.4 Å². The van der Waals surface area contributed by atoms with E-state index in [1.807, 2.05) is 24.3 Å². The van der Waals surface area contributed by atoms with Crippen LogP contribution in [0.2, 0.25) is 0 Å². The normalized spacial score (nSPS) is 15.5. The molecule has 1 aliphatic rings. The first kappa shape index (κ1) is 29.6. The summed E-state index contributed by atoms with van der Waals surface area (Å²) in [6, 6.07) is 7.74. The minimum Gasteiger partial charge on any atom is -0.444 e. The third-order valence-corrected chi connectivity index (χ3v) is 6.10. The largest absolute Gasteiger partial charge is 0.444 e. The summed E-state index contributed by atoms with van der Waals surface area (Å²) in [6.45, 7) is 11.1. The third-order valence-electron chi connectivity index (χ3n) is 6.10. The number of hydrogen-bond acceptors (Lipinski definition) is 9. The fraction of sp³-hybridized carbons (Fsp3) is 0.556. The van der Waals surface area contributed by atoms with Crippen LogP contribution < -0.4 is 21.7 Å². The van der Waals surface area contributed by atoms with Crippen molar-refractivity contribution in [2.75, 3.05) is 30.3 Å². The Hall–Kier alpha value is -3.96. The van der Waals surface area contributed by atoms with E-state index >= 15 is 0 Å². The number of likely N-dealkylation sites (tertiary alicyclic amines) is 1. The number of alkyl carbamates (subject to hydrolysis) is 1. The number of primary amides is 1. The highest BCUT2D eigenvalue weighted by Gasteiger charge is 2.25. The number of hydrogen-bond donors (Lipinski definition) is 4. The highest BCUT2D eigenvalue weighted by Crippen LogP contribution is 2.22. The molecule has 1 fully saturated rings. The van der Waals surface area contributed by atoms with Gasteiger partial charge in [-0.05, 0) is 63.6 Å². The zero-order valence-corrected chi connectivity index (χ0v) is 23.4. The molecule has 1 atom stereocenters. The Balaban J connectivity index is 1.56. The van der Waals surface area contributed by atoms with Crippen molar-refractivity contribution in [1.29, 1.82) is 0 Å². The topological polar surface area (TPSA) is 164 Å². The summed E-state index contributed by atoms with van der Waals surface area (Å²) in [7, 11) is 0. The maximum atomic E-state index is 12.8. The van der Waals surface area contributed by atoms with Crippen molar-refractivity contribution in [1.82, 2.24) is 25.4 Å². The van der Waals surface area contributed by atoms with Gasteiger partial charge >= 0.3 is 6.09 Å². The van der Waals surface area contributed by atoms with Gasteiger partial charge in [0.15, 0.2) is 11.5 Å². The van der Waals surface area contributed by atoms with E-state index in [0.717, 1.165) is 18.5 Å². The van der Waals surface area contributed by atoms with Gasteiger partial charge in [-0.2, -0.15) is 4.98 Å². The Kier molecular flexibility index (Phi) is 10.0. The molecule has 2 heterocycles. The number of carbonyl (C=O) groups excluding carboxylic acids is 3. The lowest BCUT2D eigenvalue weighted by atomic mass is 10.0. The molecule has 12 nitrogen and oxygen atoms in total. The fourth-order valence-corrected chi connectivity index (χ4v) is 4.13. The first-order valence-electron chi connectivity index (χ1n) is 13.3. The summed E-state index contributed by atoms with van der Waals surface area (Å²) in [4.78, 5) is 42.7. The van der Waals surface area contributed by atoms with Gasteiger partial charge in [0.1, 0.15) is 5.60 Å². The average Bonchev–Trinajstić information content (AvgIpc) is 2.86. The van der Waals surface area contributed by atoms with Gasteiger partial charge in [-0.15, -0.1) is 10.2 Å². The molecule has 1 saturated heterocycles. The number of nitrogens with one attached hydrogen (secondary N) is 3. The Labute approximate surface area is 229 Å². The number of piperidine rings is 1. The monoisotopic (exact) mass is 540 g/mol. The smallest absolute Gasteiger partial charge is 0.407 e. The van der Waals surface area contributed by atoms with Gasteiger partial charge in [-0.1, -0.05) is 26.0 Å².